The maximum Gasteiger partial charge on any atom is 0.273 e. The van der Waals surface area contributed by atoms with Gasteiger partial charge < -0.3 is 0 Å². The Kier molecular flexibility index (Phi) is 3.74. The van der Waals surface area contributed by atoms with E-state index in [1.165, 1.54) is 26.0 Å². The molecule has 1 N–H and O–H groups in total. The summed E-state index contributed by atoms with van der Waals surface area (Å²) in [5.74, 6) is -0.0160. The maximum atomic E-state index is 12.3. The number of hydrogen-bond donors (Lipinski definition) is 1. The summed E-state index contributed by atoms with van der Waals surface area (Å²) in [5.41, 5.74) is -1.06. The van der Waals surface area contributed by atoms with Crippen LogP contribution in [0.4, 0.5) is 5.69 Å². The lowest BCUT2D eigenvalue weighted by Gasteiger charge is -2.22. The van der Waals surface area contributed by atoms with E-state index in [2.05, 4.69) is 4.72 Å². The van der Waals surface area contributed by atoms with Crippen LogP contribution in [0, 0.1) is 34.3 Å². The third kappa shape index (κ3) is 3.04. The van der Waals surface area contributed by atoms with E-state index in [-0.39, 0.29) is 16.5 Å². The van der Waals surface area contributed by atoms with Crippen LogP contribution < -0.4 is 4.72 Å². The molecule has 1 aromatic rings. The number of nitro groups is 1. The van der Waals surface area contributed by atoms with E-state index in [4.69, 9.17) is 0 Å². The molecule has 0 heterocycles. The summed E-state index contributed by atoms with van der Waals surface area (Å²) in [6.07, 6.45) is 1.58. The van der Waals surface area contributed by atoms with Crippen molar-refractivity contribution in [1.29, 1.82) is 5.26 Å². The maximum absolute atomic E-state index is 12.3. The van der Waals surface area contributed by atoms with Gasteiger partial charge in [-0.15, -0.1) is 0 Å². The predicted octanol–water partition coefficient (Wildman–Crippen LogP) is 1.87. The summed E-state index contributed by atoms with van der Waals surface area (Å²) in [7, 11) is -3.98. The van der Waals surface area contributed by atoms with Crippen molar-refractivity contribution < 1.29 is 13.3 Å². The lowest BCUT2D eigenvalue weighted by atomic mass is 10.0. The molecule has 2 rings (SSSR count). The number of hydrogen-bond acceptors (Lipinski definition) is 5. The van der Waals surface area contributed by atoms with Crippen LogP contribution in [0.1, 0.15) is 25.3 Å². The normalized spacial score (nSPS) is 17.8. The smallest absolute Gasteiger partial charge is 0.258 e. The van der Waals surface area contributed by atoms with E-state index in [1.807, 2.05) is 6.07 Å². The van der Waals surface area contributed by atoms with Crippen LogP contribution in [0.5, 0.6) is 0 Å². The van der Waals surface area contributed by atoms with E-state index < -0.39 is 20.5 Å². The highest BCUT2D eigenvalue weighted by atomic mass is 32.2. The number of rotatable bonds is 5. The topological polar surface area (TPSA) is 113 Å². The Balaban J connectivity index is 2.38. The van der Waals surface area contributed by atoms with E-state index in [1.54, 1.807) is 0 Å². The molecule has 0 saturated heterocycles. The molecule has 0 amide bonds. The summed E-state index contributed by atoms with van der Waals surface area (Å²) in [6, 6.07) is 5.69. The second-order valence-electron chi connectivity index (χ2n) is 5.40. The zero-order chi connectivity index (χ0) is 15.8. The Morgan fingerprint density at radius 2 is 2.10 bits per heavy atom. The molecule has 0 aromatic heterocycles. The Bertz CT molecular complexity index is 734. The monoisotopic (exact) mass is 309 g/mol. The van der Waals surface area contributed by atoms with Crippen molar-refractivity contribution in [3.63, 3.8) is 0 Å². The molecule has 0 bridgehead atoms. The van der Waals surface area contributed by atoms with Crippen LogP contribution in [0.2, 0.25) is 0 Å². The van der Waals surface area contributed by atoms with Gasteiger partial charge in [0.15, 0.2) is 0 Å². The minimum atomic E-state index is -3.98. The van der Waals surface area contributed by atoms with E-state index in [0.717, 1.165) is 18.9 Å². The van der Waals surface area contributed by atoms with Crippen LogP contribution in [0.25, 0.3) is 0 Å². The van der Waals surface area contributed by atoms with Gasteiger partial charge in [0, 0.05) is 11.6 Å². The van der Waals surface area contributed by atoms with Crippen molar-refractivity contribution in [1.82, 2.24) is 4.72 Å². The lowest BCUT2D eigenvalue weighted by Crippen LogP contribution is -2.46. The first kappa shape index (κ1) is 15.4. The van der Waals surface area contributed by atoms with Crippen LogP contribution in [-0.4, -0.2) is 18.9 Å². The first-order valence-corrected chi connectivity index (χ1v) is 7.88. The summed E-state index contributed by atoms with van der Waals surface area (Å²) in [6.45, 7) is 3.07. The van der Waals surface area contributed by atoms with E-state index in [9.17, 15) is 23.8 Å². The van der Waals surface area contributed by atoms with Gasteiger partial charge >= 0.3 is 0 Å². The number of nitrogens with zero attached hydrogens (tertiary/aromatic N) is 2. The SMILES string of the molecule is Cc1ccc(S(=O)(=O)N[C@](C)(C#N)C2CC2)cc1[N+](=O)[O-]. The van der Waals surface area contributed by atoms with E-state index >= 15 is 0 Å². The Morgan fingerprint density at radius 3 is 2.57 bits per heavy atom. The summed E-state index contributed by atoms with van der Waals surface area (Å²) < 4.78 is 27.1. The summed E-state index contributed by atoms with van der Waals surface area (Å²) >= 11 is 0. The van der Waals surface area contributed by atoms with Crippen molar-refractivity contribution >= 4 is 15.7 Å². The molecule has 1 fully saturated rings. The predicted molar refractivity (Wildman–Crippen MR) is 74.9 cm³/mol. The van der Waals surface area contributed by atoms with Gasteiger partial charge in [-0.3, -0.25) is 10.1 Å². The molecule has 0 spiro atoms. The first-order chi connectivity index (χ1) is 9.69. The minimum Gasteiger partial charge on any atom is -0.258 e. The molecule has 0 radical (unpaired) electrons. The van der Waals surface area contributed by atoms with Crippen molar-refractivity contribution in [2.24, 2.45) is 5.92 Å². The Hall–Kier alpha value is -1.98. The van der Waals surface area contributed by atoms with Crippen LogP contribution in [0.3, 0.4) is 0 Å². The molecule has 1 aromatic carbocycles. The van der Waals surface area contributed by atoms with Gasteiger partial charge in [-0.2, -0.15) is 9.98 Å². The number of nitro benzene ring substituents is 1. The molecule has 1 atom stereocenters. The van der Waals surface area contributed by atoms with Crippen LogP contribution in [0.15, 0.2) is 23.1 Å². The average molecular weight is 309 g/mol. The highest BCUT2D eigenvalue weighted by Crippen LogP contribution is 2.40. The number of aryl methyl sites for hydroxylation is 1. The first-order valence-electron chi connectivity index (χ1n) is 6.40. The minimum absolute atomic E-state index is 0.0160. The Morgan fingerprint density at radius 1 is 1.48 bits per heavy atom. The third-order valence-electron chi connectivity index (χ3n) is 3.66. The number of nitrogens with one attached hydrogen (secondary N) is 1. The van der Waals surface area contributed by atoms with Crippen molar-refractivity contribution in [2.75, 3.05) is 0 Å². The van der Waals surface area contributed by atoms with E-state index in [0.29, 0.717) is 5.56 Å². The lowest BCUT2D eigenvalue weighted by molar-refractivity contribution is -0.385. The zero-order valence-corrected chi connectivity index (χ0v) is 12.5. The van der Waals surface area contributed by atoms with Gasteiger partial charge in [-0.05, 0) is 38.7 Å². The fourth-order valence-corrected chi connectivity index (χ4v) is 3.55. The number of benzene rings is 1. The average Bonchev–Trinajstić information content (AvgIpc) is 3.22. The van der Waals surface area contributed by atoms with Gasteiger partial charge in [-0.1, -0.05) is 6.07 Å². The summed E-state index contributed by atoms with van der Waals surface area (Å²) in [5, 5.41) is 20.1. The second kappa shape index (κ2) is 5.09. The van der Waals surface area contributed by atoms with Crippen LogP contribution >= 0.6 is 0 Å². The molecule has 8 heteroatoms. The van der Waals surface area contributed by atoms with Gasteiger partial charge in [0.2, 0.25) is 10.0 Å². The van der Waals surface area contributed by atoms with Gasteiger partial charge in [0.05, 0.1) is 15.9 Å². The number of sulfonamides is 1. The molecule has 7 nitrogen and oxygen atoms in total. The molecular formula is C13H15N3O4S. The molecule has 0 unspecified atom stereocenters. The standard InChI is InChI=1S/C13H15N3O4S/c1-9-3-6-11(7-12(9)16(17)18)21(19,20)15-13(2,8-14)10-4-5-10/h3,6-7,10,15H,4-5H2,1-2H3/t13-/m1/s1. The molecule has 1 aliphatic rings. The highest BCUT2D eigenvalue weighted by Gasteiger charge is 2.44. The van der Waals surface area contributed by atoms with Crippen molar-refractivity contribution in [3.05, 3.63) is 33.9 Å². The molecule has 21 heavy (non-hydrogen) atoms. The van der Waals surface area contributed by atoms with Crippen molar-refractivity contribution in [3.8, 4) is 6.07 Å². The molecule has 1 aliphatic carbocycles. The van der Waals surface area contributed by atoms with Gasteiger partial charge in [0.1, 0.15) is 5.54 Å². The number of nitriles is 1. The fraction of sp³-hybridized carbons (Fsp3) is 0.462. The van der Waals surface area contributed by atoms with Crippen molar-refractivity contribution in [2.45, 2.75) is 37.1 Å². The zero-order valence-electron chi connectivity index (χ0n) is 11.7. The fourth-order valence-electron chi connectivity index (χ4n) is 2.15. The van der Waals surface area contributed by atoms with Gasteiger partial charge in [-0.25, -0.2) is 8.42 Å². The molecule has 0 aliphatic heterocycles. The Labute approximate surface area is 122 Å². The second-order valence-corrected chi connectivity index (χ2v) is 7.08. The molecule has 112 valence electrons. The molecule has 1 saturated carbocycles. The third-order valence-corrected chi connectivity index (χ3v) is 5.23. The quantitative estimate of drug-likeness (QED) is 0.659. The summed E-state index contributed by atoms with van der Waals surface area (Å²) in [4.78, 5) is 10.1. The van der Waals surface area contributed by atoms with Crippen LogP contribution in [-0.2, 0) is 10.0 Å². The highest BCUT2D eigenvalue weighted by molar-refractivity contribution is 7.89. The van der Waals surface area contributed by atoms with Gasteiger partial charge in [0.25, 0.3) is 5.69 Å². The molecular weight excluding hydrogens is 294 g/mol. The largest absolute Gasteiger partial charge is 0.273 e.